The highest BCUT2D eigenvalue weighted by Crippen LogP contribution is 2.31. The number of urea groups is 1. The van der Waals surface area contributed by atoms with E-state index < -0.39 is 0 Å². The molecule has 0 fully saturated rings. The number of rotatable bonds is 3. The number of fused-ring (bicyclic) bond motifs is 1. The van der Waals surface area contributed by atoms with Gasteiger partial charge in [-0.15, -0.1) is 0 Å². The molecule has 27 heavy (non-hydrogen) atoms. The second kappa shape index (κ2) is 7.06. The molecule has 3 rings (SSSR count). The average molecular weight is 366 g/mol. The number of nitrogen functional groups attached to an aromatic ring is 1. The van der Waals surface area contributed by atoms with E-state index in [0.717, 1.165) is 11.1 Å². The summed E-state index contributed by atoms with van der Waals surface area (Å²) in [6, 6.07) is 9.01. The maximum Gasteiger partial charge on any atom is 0.320 e. The zero-order valence-corrected chi connectivity index (χ0v) is 15.7. The molecule has 3 aromatic rings. The number of nitrogens with two attached hydrogens (primary N) is 1. The number of pyridine rings is 1. The van der Waals surface area contributed by atoms with E-state index in [4.69, 9.17) is 10.5 Å². The van der Waals surface area contributed by atoms with E-state index in [0.29, 0.717) is 22.6 Å². The standard InChI is InChI=1S/C19H22N6O2/c1-19(2,3)25-18(26)24-16-14(11-6-5-7-13(8-11)27-4)9-12-10-21-17(20)23-15(12)22-16/h5-10H,1-4H3,(H4,20,21,22,23,24,25,26). The second-order valence-electron chi connectivity index (χ2n) is 7.09. The Kier molecular flexibility index (Phi) is 4.81. The molecule has 0 saturated carbocycles. The monoisotopic (exact) mass is 366 g/mol. The first-order valence-corrected chi connectivity index (χ1v) is 8.42. The summed E-state index contributed by atoms with van der Waals surface area (Å²) in [6.45, 7) is 5.70. The Morgan fingerprint density at radius 1 is 1.19 bits per heavy atom. The molecule has 0 atom stereocenters. The third kappa shape index (κ3) is 4.41. The smallest absolute Gasteiger partial charge is 0.320 e. The van der Waals surface area contributed by atoms with Gasteiger partial charge in [-0.3, -0.25) is 5.32 Å². The van der Waals surface area contributed by atoms with E-state index in [2.05, 4.69) is 25.6 Å². The predicted octanol–water partition coefficient (Wildman–Crippen LogP) is 3.20. The summed E-state index contributed by atoms with van der Waals surface area (Å²) >= 11 is 0. The van der Waals surface area contributed by atoms with Gasteiger partial charge in [0.1, 0.15) is 11.6 Å². The molecular formula is C19H22N6O2. The van der Waals surface area contributed by atoms with Gasteiger partial charge in [-0.2, -0.15) is 4.98 Å². The molecule has 1 aromatic carbocycles. The lowest BCUT2D eigenvalue weighted by atomic mass is 10.0. The second-order valence-corrected chi connectivity index (χ2v) is 7.09. The highest BCUT2D eigenvalue weighted by atomic mass is 16.5. The highest BCUT2D eigenvalue weighted by Gasteiger charge is 2.17. The maximum atomic E-state index is 12.4. The summed E-state index contributed by atoms with van der Waals surface area (Å²) in [7, 11) is 1.60. The van der Waals surface area contributed by atoms with Crippen molar-refractivity contribution >= 4 is 28.8 Å². The fraction of sp³-hybridized carbons (Fsp3) is 0.263. The minimum atomic E-state index is -0.385. The molecule has 0 aliphatic carbocycles. The fourth-order valence-corrected chi connectivity index (χ4v) is 2.56. The van der Waals surface area contributed by atoms with E-state index >= 15 is 0 Å². The van der Waals surface area contributed by atoms with E-state index in [1.165, 1.54) is 0 Å². The average Bonchev–Trinajstić information content (AvgIpc) is 2.59. The van der Waals surface area contributed by atoms with E-state index in [9.17, 15) is 4.79 Å². The SMILES string of the molecule is COc1cccc(-c2cc3cnc(N)nc3nc2NC(=O)NC(C)(C)C)c1. The van der Waals surface area contributed by atoms with Gasteiger partial charge in [0.25, 0.3) is 0 Å². The molecule has 140 valence electrons. The van der Waals surface area contributed by atoms with Gasteiger partial charge in [-0.1, -0.05) is 12.1 Å². The normalized spacial score (nSPS) is 11.3. The van der Waals surface area contributed by atoms with Crippen LogP contribution in [0.3, 0.4) is 0 Å². The highest BCUT2D eigenvalue weighted by molar-refractivity contribution is 5.96. The number of anilines is 2. The first-order valence-electron chi connectivity index (χ1n) is 8.42. The minimum Gasteiger partial charge on any atom is -0.497 e. The van der Waals surface area contributed by atoms with Gasteiger partial charge in [0.2, 0.25) is 5.95 Å². The number of methoxy groups -OCH3 is 1. The van der Waals surface area contributed by atoms with Crippen molar-refractivity contribution in [1.82, 2.24) is 20.3 Å². The van der Waals surface area contributed by atoms with Crippen LogP contribution in [0.5, 0.6) is 5.75 Å². The van der Waals surface area contributed by atoms with Crippen molar-refractivity contribution in [2.75, 3.05) is 18.2 Å². The Labute approximate surface area is 157 Å². The molecular weight excluding hydrogens is 344 g/mol. The van der Waals surface area contributed by atoms with Crippen LogP contribution in [0, 0.1) is 0 Å². The number of amides is 2. The lowest BCUT2D eigenvalue weighted by Crippen LogP contribution is -2.43. The fourth-order valence-electron chi connectivity index (χ4n) is 2.56. The van der Waals surface area contributed by atoms with E-state index in [1.807, 2.05) is 51.1 Å². The molecule has 4 N–H and O–H groups in total. The van der Waals surface area contributed by atoms with Crippen LogP contribution >= 0.6 is 0 Å². The molecule has 0 aliphatic rings. The molecule has 2 amide bonds. The van der Waals surface area contributed by atoms with Crippen molar-refractivity contribution in [3.63, 3.8) is 0 Å². The molecule has 0 saturated heterocycles. The molecule has 0 radical (unpaired) electrons. The van der Waals surface area contributed by atoms with Crippen LogP contribution in [-0.2, 0) is 0 Å². The van der Waals surface area contributed by atoms with Crippen LogP contribution in [0.15, 0.2) is 36.5 Å². The Morgan fingerprint density at radius 2 is 1.96 bits per heavy atom. The van der Waals surface area contributed by atoms with Crippen LogP contribution < -0.4 is 21.1 Å². The molecule has 0 unspecified atom stereocenters. The Hall–Kier alpha value is -3.42. The summed E-state index contributed by atoms with van der Waals surface area (Å²) in [4.78, 5) is 25.1. The van der Waals surface area contributed by atoms with Crippen molar-refractivity contribution in [3.8, 4) is 16.9 Å². The molecule has 0 bridgehead atoms. The van der Waals surface area contributed by atoms with Crippen LogP contribution in [0.4, 0.5) is 16.6 Å². The van der Waals surface area contributed by atoms with Gasteiger partial charge in [-0.25, -0.2) is 14.8 Å². The van der Waals surface area contributed by atoms with Crippen LogP contribution in [-0.4, -0.2) is 33.6 Å². The molecule has 0 spiro atoms. The largest absolute Gasteiger partial charge is 0.497 e. The topological polar surface area (TPSA) is 115 Å². The first kappa shape index (κ1) is 18.4. The number of benzene rings is 1. The number of aromatic nitrogens is 3. The van der Waals surface area contributed by atoms with Crippen molar-refractivity contribution in [3.05, 3.63) is 36.5 Å². The van der Waals surface area contributed by atoms with Crippen molar-refractivity contribution in [2.24, 2.45) is 0 Å². The summed E-state index contributed by atoms with van der Waals surface area (Å²) < 4.78 is 5.31. The van der Waals surface area contributed by atoms with Gasteiger partial charge in [-0.05, 0) is 44.5 Å². The van der Waals surface area contributed by atoms with Crippen LogP contribution in [0.25, 0.3) is 22.2 Å². The minimum absolute atomic E-state index is 0.120. The lowest BCUT2D eigenvalue weighted by molar-refractivity contribution is 0.243. The number of carbonyl (C=O) groups is 1. The van der Waals surface area contributed by atoms with Gasteiger partial charge in [0.05, 0.1) is 7.11 Å². The number of hydrogen-bond donors (Lipinski definition) is 3. The van der Waals surface area contributed by atoms with Gasteiger partial charge >= 0.3 is 6.03 Å². The molecule has 2 heterocycles. The summed E-state index contributed by atoms with van der Waals surface area (Å²) in [5.41, 5.74) is 7.25. The summed E-state index contributed by atoms with van der Waals surface area (Å²) in [6.07, 6.45) is 1.60. The van der Waals surface area contributed by atoms with Crippen LogP contribution in [0.1, 0.15) is 20.8 Å². The predicted molar refractivity (Wildman–Crippen MR) is 106 cm³/mol. The molecule has 8 heteroatoms. The first-order chi connectivity index (χ1) is 12.7. The van der Waals surface area contributed by atoms with Gasteiger partial charge in [0.15, 0.2) is 5.65 Å². The van der Waals surface area contributed by atoms with E-state index in [1.54, 1.807) is 13.3 Å². The number of nitrogens with zero attached hydrogens (tertiary/aromatic N) is 3. The Morgan fingerprint density at radius 3 is 2.67 bits per heavy atom. The summed E-state index contributed by atoms with van der Waals surface area (Å²) in [5.74, 6) is 1.19. The zero-order chi connectivity index (χ0) is 19.6. The summed E-state index contributed by atoms with van der Waals surface area (Å²) in [5, 5.41) is 6.38. The van der Waals surface area contributed by atoms with E-state index in [-0.39, 0.29) is 17.5 Å². The van der Waals surface area contributed by atoms with Gasteiger partial charge < -0.3 is 15.8 Å². The quantitative estimate of drug-likeness (QED) is 0.656. The van der Waals surface area contributed by atoms with Crippen LogP contribution in [0.2, 0.25) is 0 Å². The van der Waals surface area contributed by atoms with Gasteiger partial charge in [0, 0.05) is 22.7 Å². The van der Waals surface area contributed by atoms with Crippen molar-refractivity contribution < 1.29 is 9.53 Å². The molecule has 2 aromatic heterocycles. The zero-order valence-electron chi connectivity index (χ0n) is 15.7. The Bertz CT molecular complexity index is 997. The number of nitrogens with one attached hydrogen (secondary N) is 2. The number of carbonyl (C=O) groups excluding carboxylic acids is 1. The molecule has 8 nitrogen and oxygen atoms in total. The molecule has 0 aliphatic heterocycles. The number of ether oxygens (including phenoxy) is 1. The van der Waals surface area contributed by atoms with Crippen molar-refractivity contribution in [1.29, 1.82) is 0 Å². The number of hydrogen-bond acceptors (Lipinski definition) is 6. The third-order valence-electron chi connectivity index (χ3n) is 3.69. The third-order valence-corrected chi connectivity index (χ3v) is 3.69. The maximum absolute atomic E-state index is 12.4. The van der Waals surface area contributed by atoms with Crippen molar-refractivity contribution in [2.45, 2.75) is 26.3 Å². The lowest BCUT2D eigenvalue weighted by Gasteiger charge is -2.21. The Balaban J connectivity index is 2.11.